The van der Waals surface area contributed by atoms with Gasteiger partial charge >= 0.3 is 5.97 Å². The lowest BCUT2D eigenvalue weighted by molar-refractivity contribution is -0.125. The number of amides is 1. The SMILES string of the molecule is NS(=O)(=O)c1cc(C(=O)OCC(=O)NC(Cc2ccccc2)c2ccccc2)ccc1Cl. The minimum absolute atomic E-state index is 0.0879. The van der Waals surface area contributed by atoms with E-state index in [0.717, 1.165) is 17.2 Å². The summed E-state index contributed by atoms with van der Waals surface area (Å²) in [6, 6.07) is 22.3. The molecule has 1 amide bonds. The number of benzene rings is 3. The number of carbonyl (C=O) groups is 2. The molecule has 3 aromatic carbocycles. The maximum absolute atomic E-state index is 12.5. The van der Waals surface area contributed by atoms with Crippen LogP contribution in [0.3, 0.4) is 0 Å². The number of nitrogens with one attached hydrogen (secondary N) is 1. The first-order valence-electron chi connectivity index (χ1n) is 9.62. The van der Waals surface area contributed by atoms with Crippen molar-refractivity contribution >= 4 is 33.5 Å². The predicted octanol–water partition coefficient (Wildman–Crippen LogP) is 3.24. The topological polar surface area (TPSA) is 116 Å². The molecule has 1 atom stereocenters. The molecule has 0 saturated carbocycles. The monoisotopic (exact) mass is 472 g/mol. The molecule has 9 heteroatoms. The van der Waals surface area contributed by atoms with E-state index < -0.39 is 33.4 Å². The third-order valence-corrected chi connectivity index (χ3v) is 6.02. The summed E-state index contributed by atoms with van der Waals surface area (Å²) in [5.74, 6) is -1.37. The van der Waals surface area contributed by atoms with Gasteiger partial charge < -0.3 is 10.1 Å². The molecule has 0 saturated heterocycles. The summed E-state index contributed by atoms with van der Waals surface area (Å²) >= 11 is 5.82. The molecule has 7 nitrogen and oxygen atoms in total. The minimum Gasteiger partial charge on any atom is -0.452 e. The lowest BCUT2D eigenvalue weighted by Crippen LogP contribution is -2.33. The molecule has 0 radical (unpaired) electrons. The molecule has 0 aliphatic carbocycles. The Bertz CT molecular complexity index is 1200. The van der Waals surface area contributed by atoms with Crippen LogP contribution < -0.4 is 10.5 Å². The molecule has 1 unspecified atom stereocenters. The largest absolute Gasteiger partial charge is 0.452 e. The molecular formula is C23H21ClN2O5S. The summed E-state index contributed by atoms with van der Waals surface area (Å²) in [5, 5.41) is 7.86. The van der Waals surface area contributed by atoms with E-state index in [-0.39, 0.29) is 16.6 Å². The molecule has 0 aliphatic rings. The van der Waals surface area contributed by atoms with Crippen molar-refractivity contribution < 1.29 is 22.7 Å². The highest BCUT2D eigenvalue weighted by Gasteiger charge is 2.19. The summed E-state index contributed by atoms with van der Waals surface area (Å²) in [6.45, 7) is -0.537. The maximum Gasteiger partial charge on any atom is 0.338 e. The van der Waals surface area contributed by atoms with Gasteiger partial charge in [-0.3, -0.25) is 4.79 Å². The number of sulfonamides is 1. The zero-order valence-electron chi connectivity index (χ0n) is 16.9. The Kier molecular flexibility index (Phi) is 7.63. The highest BCUT2D eigenvalue weighted by Crippen LogP contribution is 2.22. The number of esters is 1. The van der Waals surface area contributed by atoms with Crippen LogP contribution in [-0.2, 0) is 26.0 Å². The molecule has 32 heavy (non-hydrogen) atoms. The molecule has 0 spiro atoms. The van der Waals surface area contributed by atoms with Gasteiger partial charge in [0.15, 0.2) is 6.61 Å². The number of primary sulfonamides is 1. The van der Waals surface area contributed by atoms with Crippen LogP contribution in [-0.4, -0.2) is 26.9 Å². The van der Waals surface area contributed by atoms with Gasteiger partial charge in [-0.25, -0.2) is 18.4 Å². The van der Waals surface area contributed by atoms with Crippen LogP contribution in [0.2, 0.25) is 5.02 Å². The fourth-order valence-electron chi connectivity index (χ4n) is 3.09. The van der Waals surface area contributed by atoms with Crippen molar-refractivity contribution in [2.24, 2.45) is 5.14 Å². The van der Waals surface area contributed by atoms with Gasteiger partial charge in [-0.1, -0.05) is 72.3 Å². The smallest absolute Gasteiger partial charge is 0.338 e. The van der Waals surface area contributed by atoms with Gasteiger partial charge in [0.25, 0.3) is 5.91 Å². The lowest BCUT2D eigenvalue weighted by Gasteiger charge is -2.19. The van der Waals surface area contributed by atoms with Crippen LogP contribution in [0.15, 0.2) is 83.8 Å². The standard InChI is InChI=1S/C23H21ClN2O5S/c24-19-12-11-18(14-21(19)32(25,29)30)23(28)31-15-22(27)26-20(17-9-5-2-6-10-17)13-16-7-3-1-4-8-16/h1-12,14,20H,13,15H2,(H,26,27)(H2,25,29,30). The van der Waals surface area contributed by atoms with E-state index in [0.29, 0.717) is 6.42 Å². The van der Waals surface area contributed by atoms with E-state index in [1.54, 1.807) is 0 Å². The van der Waals surface area contributed by atoms with Crippen molar-refractivity contribution in [3.63, 3.8) is 0 Å². The van der Waals surface area contributed by atoms with Gasteiger partial charge in [0.1, 0.15) is 4.90 Å². The first kappa shape index (κ1) is 23.5. The summed E-state index contributed by atoms with van der Waals surface area (Å²) in [6.07, 6.45) is 0.555. The first-order valence-corrected chi connectivity index (χ1v) is 11.5. The maximum atomic E-state index is 12.5. The Morgan fingerprint density at radius 3 is 2.22 bits per heavy atom. The summed E-state index contributed by atoms with van der Waals surface area (Å²) in [7, 11) is -4.12. The summed E-state index contributed by atoms with van der Waals surface area (Å²) in [4.78, 5) is 24.4. The lowest BCUT2D eigenvalue weighted by atomic mass is 9.99. The Morgan fingerprint density at radius 1 is 0.969 bits per heavy atom. The van der Waals surface area contributed by atoms with Crippen LogP contribution in [0.5, 0.6) is 0 Å². The number of nitrogens with two attached hydrogens (primary N) is 1. The number of hydrogen-bond acceptors (Lipinski definition) is 5. The average molecular weight is 473 g/mol. The van der Waals surface area contributed by atoms with Gasteiger partial charge in [0.05, 0.1) is 16.6 Å². The quantitative estimate of drug-likeness (QED) is 0.488. The van der Waals surface area contributed by atoms with Crippen LogP contribution in [0, 0.1) is 0 Å². The molecule has 166 valence electrons. The summed E-state index contributed by atoms with van der Waals surface area (Å²) in [5.41, 5.74) is 1.86. The minimum atomic E-state index is -4.12. The van der Waals surface area contributed by atoms with Gasteiger partial charge in [0, 0.05) is 0 Å². The van der Waals surface area contributed by atoms with E-state index >= 15 is 0 Å². The fourth-order valence-corrected chi connectivity index (χ4v) is 4.16. The van der Waals surface area contributed by atoms with Crippen molar-refractivity contribution in [3.8, 4) is 0 Å². The highest BCUT2D eigenvalue weighted by atomic mass is 35.5. The van der Waals surface area contributed by atoms with Crippen molar-refractivity contribution in [1.29, 1.82) is 0 Å². The van der Waals surface area contributed by atoms with E-state index in [1.165, 1.54) is 12.1 Å². The van der Waals surface area contributed by atoms with Crippen molar-refractivity contribution in [3.05, 3.63) is 101 Å². The third kappa shape index (κ3) is 6.40. The van der Waals surface area contributed by atoms with Crippen molar-refractivity contribution in [2.75, 3.05) is 6.61 Å². The molecule has 3 rings (SSSR count). The van der Waals surface area contributed by atoms with Crippen molar-refractivity contribution in [1.82, 2.24) is 5.32 Å². The van der Waals surface area contributed by atoms with Crippen LogP contribution >= 0.6 is 11.6 Å². The van der Waals surface area contributed by atoms with Gasteiger partial charge in [0.2, 0.25) is 10.0 Å². The highest BCUT2D eigenvalue weighted by molar-refractivity contribution is 7.89. The van der Waals surface area contributed by atoms with E-state index in [2.05, 4.69) is 5.32 Å². The Morgan fingerprint density at radius 2 is 1.59 bits per heavy atom. The van der Waals surface area contributed by atoms with E-state index in [1.807, 2.05) is 60.7 Å². The van der Waals surface area contributed by atoms with Gasteiger partial charge in [-0.2, -0.15) is 0 Å². The molecule has 3 N–H and O–H groups in total. The fraction of sp³-hybridized carbons (Fsp3) is 0.130. The molecule has 0 aromatic heterocycles. The average Bonchev–Trinajstić information content (AvgIpc) is 2.78. The number of carbonyl (C=O) groups excluding carboxylic acids is 2. The van der Waals surface area contributed by atoms with Crippen molar-refractivity contribution in [2.45, 2.75) is 17.4 Å². The molecule has 0 heterocycles. The zero-order chi connectivity index (χ0) is 23.1. The second kappa shape index (κ2) is 10.4. The number of ether oxygens (including phenoxy) is 1. The normalized spacial score (nSPS) is 12.1. The van der Waals surface area contributed by atoms with Gasteiger partial charge in [-0.15, -0.1) is 0 Å². The molecule has 0 aliphatic heterocycles. The predicted molar refractivity (Wildman–Crippen MR) is 121 cm³/mol. The first-order chi connectivity index (χ1) is 15.2. The molecule has 0 bridgehead atoms. The van der Waals surface area contributed by atoms with Crippen LogP contribution in [0.4, 0.5) is 0 Å². The number of rotatable bonds is 8. The second-order valence-electron chi connectivity index (χ2n) is 6.99. The second-order valence-corrected chi connectivity index (χ2v) is 8.92. The van der Waals surface area contributed by atoms with Crippen LogP contribution in [0.1, 0.15) is 27.5 Å². The third-order valence-electron chi connectivity index (χ3n) is 4.63. The molecule has 0 fully saturated rings. The number of halogens is 1. The van der Waals surface area contributed by atoms with E-state index in [4.69, 9.17) is 21.5 Å². The Hall–Kier alpha value is -3.20. The molecular weight excluding hydrogens is 452 g/mol. The van der Waals surface area contributed by atoms with E-state index in [9.17, 15) is 18.0 Å². The molecule has 3 aromatic rings. The Balaban J connectivity index is 1.67. The zero-order valence-corrected chi connectivity index (χ0v) is 18.5. The summed E-state index contributed by atoms with van der Waals surface area (Å²) < 4.78 is 28.2. The van der Waals surface area contributed by atoms with Crippen LogP contribution in [0.25, 0.3) is 0 Å². The number of hydrogen-bond donors (Lipinski definition) is 2. The van der Waals surface area contributed by atoms with Gasteiger partial charge in [-0.05, 0) is 35.7 Å². The Labute approximate surface area is 191 Å².